The summed E-state index contributed by atoms with van der Waals surface area (Å²) in [6, 6.07) is 3.34. The van der Waals surface area contributed by atoms with Gasteiger partial charge in [0.2, 0.25) is 0 Å². The smallest absolute Gasteiger partial charge is 0.174 e. The highest BCUT2D eigenvalue weighted by molar-refractivity contribution is 8.01. The molecule has 0 spiro atoms. The van der Waals surface area contributed by atoms with E-state index in [4.69, 9.17) is 28.9 Å². The molecule has 7 heteroatoms. The normalized spacial score (nSPS) is 10.7. The van der Waals surface area contributed by atoms with Crippen LogP contribution >= 0.6 is 46.5 Å². The molecule has 0 aliphatic carbocycles. The molecule has 1 heterocycles. The lowest BCUT2D eigenvalue weighted by atomic mass is 10.3. The van der Waals surface area contributed by atoms with E-state index in [0.717, 1.165) is 15.1 Å². The zero-order valence-corrected chi connectivity index (χ0v) is 11.3. The minimum Gasteiger partial charge on any atom is -0.399 e. The molecule has 3 nitrogen and oxygen atoms in total. The lowest BCUT2D eigenvalue weighted by Gasteiger charge is -2.05. The Labute approximate surface area is 111 Å². The molecule has 0 aliphatic rings. The molecule has 1 aromatic carbocycles. The number of nitrogen functional groups attached to an aromatic ring is 1. The molecule has 0 saturated heterocycles. The molecule has 1 aromatic heterocycles. The highest BCUT2D eigenvalue weighted by atomic mass is 35.5. The topological polar surface area (TPSA) is 51.8 Å². The van der Waals surface area contributed by atoms with Gasteiger partial charge in [-0.05, 0) is 30.6 Å². The number of rotatable bonds is 2. The summed E-state index contributed by atoms with van der Waals surface area (Å²) in [5.74, 6) is 0.746. The molecule has 0 aliphatic heterocycles. The van der Waals surface area contributed by atoms with E-state index in [-0.39, 0.29) is 0 Å². The molecule has 2 rings (SSSR count). The van der Waals surface area contributed by atoms with Crippen LogP contribution in [-0.2, 0) is 0 Å². The molecule has 0 saturated carbocycles. The monoisotopic (exact) mass is 291 g/mol. The third kappa shape index (κ3) is 2.60. The average molecular weight is 292 g/mol. The maximum Gasteiger partial charge on any atom is 0.174 e. The van der Waals surface area contributed by atoms with Crippen LogP contribution in [0, 0.1) is 6.92 Å². The minimum absolute atomic E-state index is 0.530. The number of hydrogen-bond acceptors (Lipinski definition) is 5. The fourth-order valence-electron chi connectivity index (χ4n) is 1.08. The van der Waals surface area contributed by atoms with Crippen LogP contribution in [0.3, 0.4) is 0 Å². The van der Waals surface area contributed by atoms with Crippen LogP contribution in [0.25, 0.3) is 0 Å². The molecule has 0 radical (unpaired) electrons. The summed E-state index contributed by atoms with van der Waals surface area (Å²) < 4.78 is 4.90. The first-order chi connectivity index (χ1) is 7.56. The minimum atomic E-state index is 0.530. The van der Waals surface area contributed by atoms with Gasteiger partial charge in [0.15, 0.2) is 4.34 Å². The van der Waals surface area contributed by atoms with Gasteiger partial charge in [-0.3, -0.25) is 0 Å². The lowest BCUT2D eigenvalue weighted by molar-refractivity contribution is 1.10. The van der Waals surface area contributed by atoms with Crippen LogP contribution in [0.15, 0.2) is 21.4 Å². The summed E-state index contributed by atoms with van der Waals surface area (Å²) in [5, 5.41) is 1.06. The maximum atomic E-state index is 6.06. The Morgan fingerprint density at radius 3 is 2.44 bits per heavy atom. The van der Waals surface area contributed by atoms with Crippen molar-refractivity contribution in [1.82, 2.24) is 9.36 Å². The van der Waals surface area contributed by atoms with Crippen molar-refractivity contribution in [2.45, 2.75) is 16.2 Å². The number of nitrogens with two attached hydrogens (primary N) is 1. The molecule has 0 atom stereocenters. The molecular formula is C9H7Cl2N3S2. The van der Waals surface area contributed by atoms with Crippen molar-refractivity contribution in [3.05, 3.63) is 28.0 Å². The standard InChI is InChI=1S/C9H7Cl2N3S2/c1-4-13-9(16-14-4)15-8-6(10)2-5(12)3-7(8)11/h2-3H,12H2,1H3. The maximum absolute atomic E-state index is 6.06. The number of halogens is 2. The van der Waals surface area contributed by atoms with Gasteiger partial charge in [0, 0.05) is 5.69 Å². The first-order valence-electron chi connectivity index (χ1n) is 4.29. The second-order valence-corrected chi connectivity index (χ2v) is 5.85. The summed E-state index contributed by atoms with van der Waals surface area (Å²) in [6.45, 7) is 1.84. The van der Waals surface area contributed by atoms with Crippen LogP contribution in [0.4, 0.5) is 5.69 Å². The zero-order valence-electron chi connectivity index (χ0n) is 8.20. The van der Waals surface area contributed by atoms with Crippen LogP contribution in [-0.4, -0.2) is 9.36 Å². The van der Waals surface area contributed by atoms with Gasteiger partial charge < -0.3 is 5.73 Å². The van der Waals surface area contributed by atoms with Gasteiger partial charge in [-0.25, -0.2) is 4.98 Å². The number of aryl methyl sites for hydroxylation is 1. The summed E-state index contributed by atoms with van der Waals surface area (Å²) in [4.78, 5) is 4.99. The Hall–Kier alpha value is -0.490. The van der Waals surface area contributed by atoms with Gasteiger partial charge in [-0.15, -0.1) is 0 Å². The predicted molar refractivity (Wildman–Crippen MR) is 69.6 cm³/mol. The van der Waals surface area contributed by atoms with Crippen molar-refractivity contribution < 1.29 is 0 Å². The Balaban J connectivity index is 2.34. The van der Waals surface area contributed by atoms with Gasteiger partial charge in [-0.2, -0.15) is 4.37 Å². The molecule has 2 aromatic rings. The first kappa shape index (κ1) is 12.0. The largest absolute Gasteiger partial charge is 0.399 e. The number of hydrogen-bond donors (Lipinski definition) is 1. The highest BCUT2D eigenvalue weighted by Gasteiger charge is 2.11. The SMILES string of the molecule is Cc1nsc(Sc2c(Cl)cc(N)cc2Cl)n1. The van der Waals surface area contributed by atoms with Crippen LogP contribution in [0.2, 0.25) is 10.0 Å². The zero-order chi connectivity index (χ0) is 11.7. The molecule has 0 unspecified atom stereocenters. The summed E-state index contributed by atoms with van der Waals surface area (Å²) in [7, 11) is 0. The van der Waals surface area contributed by atoms with Crippen LogP contribution < -0.4 is 5.73 Å². The molecule has 0 fully saturated rings. The number of nitrogens with zero attached hydrogens (tertiary/aromatic N) is 2. The molecule has 0 amide bonds. The van der Waals surface area contributed by atoms with Crippen molar-refractivity contribution in [2.24, 2.45) is 0 Å². The van der Waals surface area contributed by atoms with Gasteiger partial charge in [0.05, 0.1) is 14.9 Å². The molecule has 16 heavy (non-hydrogen) atoms. The molecule has 0 bridgehead atoms. The van der Waals surface area contributed by atoms with E-state index in [1.54, 1.807) is 12.1 Å². The van der Waals surface area contributed by atoms with Crippen LogP contribution in [0.1, 0.15) is 5.82 Å². The van der Waals surface area contributed by atoms with Gasteiger partial charge in [-0.1, -0.05) is 35.0 Å². The summed E-state index contributed by atoms with van der Waals surface area (Å²) in [5.41, 5.74) is 6.17. The van der Waals surface area contributed by atoms with E-state index in [9.17, 15) is 0 Å². The Bertz CT molecular complexity index is 504. The molecule has 84 valence electrons. The Morgan fingerprint density at radius 1 is 1.31 bits per heavy atom. The van der Waals surface area contributed by atoms with Crippen LogP contribution in [0.5, 0.6) is 0 Å². The van der Waals surface area contributed by atoms with Crippen molar-refractivity contribution in [2.75, 3.05) is 5.73 Å². The lowest BCUT2D eigenvalue weighted by Crippen LogP contribution is -1.86. The van der Waals surface area contributed by atoms with Gasteiger partial charge in [0.25, 0.3) is 0 Å². The Kier molecular flexibility index (Phi) is 3.59. The number of anilines is 1. The van der Waals surface area contributed by atoms with E-state index in [1.807, 2.05) is 6.92 Å². The highest BCUT2D eigenvalue weighted by Crippen LogP contribution is 2.40. The summed E-state index contributed by atoms with van der Waals surface area (Å²) in [6.07, 6.45) is 0. The number of aromatic nitrogens is 2. The van der Waals surface area contributed by atoms with E-state index in [0.29, 0.717) is 15.7 Å². The predicted octanol–water partition coefficient (Wildman–Crippen LogP) is 3.89. The van der Waals surface area contributed by atoms with Gasteiger partial charge >= 0.3 is 0 Å². The van der Waals surface area contributed by atoms with E-state index < -0.39 is 0 Å². The third-order valence-electron chi connectivity index (χ3n) is 1.72. The van der Waals surface area contributed by atoms with E-state index >= 15 is 0 Å². The second-order valence-electron chi connectivity index (χ2n) is 3.02. The average Bonchev–Trinajstić information content (AvgIpc) is 2.58. The van der Waals surface area contributed by atoms with Crippen molar-refractivity contribution in [3.63, 3.8) is 0 Å². The van der Waals surface area contributed by atoms with Gasteiger partial charge in [0.1, 0.15) is 5.82 Å². The van der Waals surface area contributed by atoms with Crippen molar-refractivity contribution in [1.29, 1.82) is 0 Å². The van der Waals surface area contributed by atoms with E-state index in [2.05, 4.69) is 9.36 Å². The van der Waals surface area contributed by atoms with Crippen molar-refractivity contribution >= 4 is 52.2 Å². The number of benzene rings is 1. The Morgan fingerprint density at radius 2 is 1.94 bits per heavy atom. The summed E-state index contributed by atoms with van der Waals surface area (Å²) >= 11 is 14.8. The molecular weight excluding hydrogens is 285 g/mol. The first-order valence-corrected chi connectivity index (χ1v) is 6.63. The molecule has 2 N–H and O–H groups in total. The fourth-order valence-corrected chi connectivity index (χ4v) is 3.42. The second kappa shape index (κ2) is 4.79. The van der Waals surface area contributed by atoms with Crippen molar-refractivity contribution in [3.8, 4) is 0 Å². The third-order valence-corrected chi connectivity index (χ3v) is 4.53. The fraction of sp³-hybridized carbons (Fsp3) is 0.111. The van der Waals surface area contributed by atoms with E-state index in [1.165, 1.54) is 23.3 Å². The quantitative estimate of drug-likeness (QED) is 0.853.